The molecule has 7 atom stereocenters. The van der Waals surface area contributed by atoms with Crippen LogP contribution < -0.4 is 5.32 Å². The van der Waals surface area contributed by atoms with E-state index < -0.39 is 28.1 Å². The van der Waals surface area contributed by atoms with Gasteiger partial charge in [0.15, 0.2) is 11.6 Å². The number of benzene rings is 1. The normalized spacial score (nSPS) is 38.9. The lowest BCUT2D eigenvalue weighted by molar-refractivity contribution is -0.157. The molecule has 4 aliphatic rings. The van der Waals surface area contributed by atoms with Gasteiger partial charge in [-0.2, -0.15) is 0 Å². The number of aromatic amines is 1. The average molecular weight is 513 g/mol. The molecule has 198 valence electrons. The highest BCUT2D eigenvalue weighted by Crippen LogP contribution is 2.70. The van der Waals surface area contributed by atoms with Gasteiger partial charge in [-0.25, -0.2) is 0 Å². The zero-order valence-electron chi connectivity index (χ0n) is 22.5. The van der Waals surface area contributed by atoms with Crippen LogP contribution >= 0.6 is 0 Å². The fraction of sp³-hybridized carbons (Fsp3) is 0.469. The summed E-state index contributed by atoms with van der Waals surface area (Å²) in [5.41, 5.74) is 1.41. The van der Waals surface area contributed by atoms with Crippen LogP contribution in [0.1, 0.15) is 58.2 Å². The highest BCUT2D eigenvalue weighted by Gasteiger charge is 2.77. The van der Waals surface area contributed by atoms with Gasteiger partial charge >= 0.3 is 0 Å². The van der Waals surface area contributed by atoms with Gasteiger partial charge in [-0.1, -0.05) is 57.2 Å². The molecule has 0 radical (unpaired) electrons. The number of para-hydroxylation sites is 1. The minimum absolute atomic E-state index is 0.100. The fourth-order valence-electron chi connectivity index (χ4n) is 8.41. The first-order valence-electron chi connectivity index (χ1n) is 13.8. The second-order valence-electron chi connectivity index (χ2n) is 12.3. The summed E-state index contributed by atoms with van der Waals surface area (Å²) in [6.45, 7) is 8.09. The Kier molecular flexibility index (Phi) is 5.52. The molecule has 1 saturated heterocycles. The molecule has 3 N–H and O–H groups in total. The van der Waals surface area contributed by atoms with E-state index in [0.717, 1.165) is 17.6 Å². The first kappa shape index (κ1) is 25.1. The van der Waals surface area contributed by atoms with Crippen molar-refractivity contribution in [3.63, 3.8) is 0 Å². The van der Waals surface area contributed by atoms with E-state index in [2.05, 4.69) is 48.4 Å². The lowest BCUT2D eigenvalue weighted by Gasteiger charge is -2.61. The number of aromatic nitrogens is 1. The van der Waals surface area contributed by atoms with Crippen LogP contribution in [0.25, 0.3) is 10.9 Å². The molecule has 1 aromatic heterocycles. The number of nitrogens with one attached hydrogen (secondary N) is 2. The molecular weight excluding hydrogens is 476 g/mol. The van der Waals surface area contributed by atoms with Crippen LogP contribution in [0.2, 0.25) is 0 Å². The van der Waals surface area contributed by atoms with Crippen molar-refractivity contribution in [1.29, 1.82) is 0 Å². The SMILES string of the molecule is CC1=C[C@@H](C)CC=C[C@H]2CC[C@@]3(C)c4[nH]c5ccccc5c4C[C@@H]4NC(=O)[C@]2(C(=O)C=CC(=O)[C@@H]1O)[C@]43C. The summed E-state index contributed by atoms with van der Waals surface area (Å²) in [7, 11) is 0. The summed E-state index contributed by atoms with van der Waals surface area (Å²) < 4.78 is 0. The van der Waals surface area contributed by atoms with Crippen molar-refractivity contribution in [1.82, 2.24) is 10.3 Å². The largest absolute Gasteiger partial charge is 0.381 e. The molecule has 6 heteroatoms. The number of ketones is 2. The summed E-state index contributed by atoms with van der Waals surface area (Å²) in [6, 6.07) is 8.04. The number of carbonyl (C=O) groups is 3. The molecule has 1 spiro atoms. The maximum Gasteiger partial charge on any atom is 0.235 e. The molecule has 2 aromatic rings. The number of hydrogen-bond acceptors (Lipinski definition) is 4. The van der Waals surface area contributed by atoms with E-state index in [0.29, 0.717) is 24.8 Å². The molecule has 2 heterocycles. The van der Waals surface area contributed by atoms with E-state index >= 15 is 0 Å². The molecule has 38 heavy (non-hydrogen) atoms. The summed E-state index contributed by atoms with van der Waals surface area (Å²) >= 11 is 0. The Morgan fingerprint density at radius 3 is 2.63 bits per heavy atom. The van der Waals surface area contributed by atoms with Gasteiger partial charge in [-0.05, 0) is 73.8 Å². The Morgan fingerprint density at radius 2 is 1.84 bits per heavy atom. The Balaban J connectivity index is 1.57. The van der Waals surface area contributed by atoms with E-state index in [9.17, 15) is 19.5 Å². The molecule has 1 amide bonds. The van der Waals surface area contributed by atoms with Crippen molar-refractivity contribution < 1.29 is 19.5 Å². The van der Waals surface area contributed by atoms with Crippen molar-refractivity contribution in [2.75, 3.05) is 0 Å². The second-order valence-corrected chi connectivity index (χ2v) is 12.3. The smallest absolute Gasteiger partial charge is 0.235 e. The predicted octanol–water partition coefficient (Wildman–Crippen LogP) is 4.48. The molecule has 0 bridgehead atoms. The third-order valence-electron chi connectivity index (χ3n) is 10.5. The standard InChI is InChI=1S/C32H36N2O4/c1-18-8-7-9-20-14-15-30(3)28-22(21-10-5-6-11-23(21)33-28)17-25-31(30,4)32(20,29(38)34-25)26(36)13-12-24(35)27(37)19(2)16-18/h5-7,9-13,16,18,20,25,27,33,37H,8,14-15,17H2,1-4H3,(H,34,38)/t18-,20-,25-,27+,30-,31+,32-/m0/s1. The fourth-order valence-corrected chi connectivity index (χ4v) is 8.41. The van der Waals surface area contributed by atoms with Gasteiger partial charge in [0.1, 0.15) is 11.5 Å². The van der Waals surface area contributed by atoms with E-state index in [1.807, 2.05) is 25.1 Å². The lowest BCUT2D eigenvalue weighted by atomic mass is 9.38. The lowest BCUT2D eigenvalue weighted by Crippen LogP contribution is -2.66. The molecule has 2 fully saturated rings. The second kappa shape index (κ2) is 8.37. The van der Waals surface area contributed by atoms with Gasteiger partial charge in [-0.3, -0.25) is 14.4 Å². The zero-order chi connectivity index (χ0) is 27.0. The monoisotopic (exact) mass is 512 g/mol. The zero-order valence-corrected chi connectivity index (χ0v) is 22.5. The number of aliphatic hydroxyl groups excluding tert-OH is 1. The summed E-state index contributed by atoms with van der Waals surface area (Å²) in [6.07, 6.45) is 10.0. The molecule has 3 aliphatic carbocycles. The van der Waals surface area contributed by atoms with Crippen molar-refractivity contribution in [2.45, 2.75) is 70.9 Å². The van der Waals surface area contributed by atoms with Gasteiger partial charge in [0, 0.05) is 33.5 Å². The highest BCUT2D eigenvalue weighted by molar-refractivity contribution is 6.16. The predicted molar refractivity (Wildman–Crippen MR) is 146 cm³/mol. The summed E-state index contributed by atoms with van der Waals surface area (Å²) in [4.78, 5) is 45.1. The van der Waals surface area contributed by atoms with E-state index in [4.69, 9.17) is 0 Å². The van der Waals surface area contributed by atoms with Crippen molar-refractivity contribution in [3.05, 3.63) is 71.5 Å². The number of fused-ring (bicyclic) bond motifs is 4. The van der Waals surface area contributed by atoms with Crippen LogP contribution in [0.4, 0.5) is 0 Å². The van der Waals surface area contributed by atoms with Gasteiger partial charge in [0.05, 0.1) is 0 Å². The van der Waals surface area contributed by atoms with Crippen molar-refractivity contribution in [3.8, 4) is 0 Å². The molecule has 1 aromatic carbocycles. The van der Waals surface area contributed by atoms with Crippen molar-refractivity contribution in [2.24, 2.45) is 22.7 Å². The number of hydrogen-bond donors (Lipinski definition) is 3. The number of aliphatic hydroxyl groups is 1. The van der Waals surface area contributed by atoms with Gasteiger partial charge in [0.2, 0.25) is 5.91 Å². The quantitative estimate of drug-likeness (QED) is 0.358. The van der Waals surface area contributed by atoms with Gasteiger partial charge in [0.25, 0.3) is 0 Å². The molecular formula is C32H36N2O4. The Bertz CT molecular complexity index is 1460. The summed E-state index contributed by atoms with van der Waals surface area (Å²) in [5, 5.41) is 15.0. The van der Waals surface area contributed by atoms with E-state index in [-0.39, 0.29) is 29.6 Å². The number of carbonyl (C=O) groups excluding carboxylic acids is 3. The Morgan fingerprint density at radius 1 is 1.08 bits per heavy atom. The third-order valence-corrected chi connectivity index (χ3v) is 10.5. The maximum atomic E-state index is 14.4. The molecule has 6 nitrogen and oxygen atoms in total. The Hall–Kier alpha value is -3.25. The van der Waals surface area contributed by atoms with Crippen molar-refractivity contribution >= 4 is 28.4 Å². The minimum atomic E-state index is -1.36. The molecule has 6 rings (SSSR count). The average Bonchev–Trinajstić information content (AvgIpc) is 3.37. The highest BCUT2D eigenvalue weighted by atomic mass is 16.3. The van der Waals surface area contributed by atoms with Crippen LogP contribution in [0, 0.1) is 22.7 Å². The first-order chi connectivity index (χ1) is 18.1. The van der Waals surface area contributed by atoms with Crippen LogP contribution in [-0.2, 0) is 26.2 Å². The number of allylic oxidation sites excluding steroid dienone is 4. The van der Waals surface area contributed by atoms with Crippen LogP contribution in [-0.4, -0.2) is 39.7 Å². The maximum absolute atomic E-state index is 14.4. The van der Waals surface area contributed by atoms with Gasteiger partial charge in [-0.15, -0.1) is 0 Å². The van der Waals surface area contributed by atoms with Gasteiger partial charge < -0.3 is 15.4 Å². The first-order valence-corrected chi connectivity index (χ1v) is 13.8. The number of rotatable bonds is 0. The van der Waals surface area contributed by atoms with E-state index in [1.165, 1.54) is 23.1 Å². The Labute approximate surface area is 223 Å². The third kappa shape index (κ3) is 3.01. The van der Waals surface area contributed by atoms with E-state index in [1.54, 1.807) is 6.92 Å². The number of H-pyrrole nitrogens is 1. The topological polar surface area (TPSA) is 99.3 Å². The molecule has 0 unspecified atom stereocenters. The van der Waals surface area contributed by atoms with Crippen LogP contribution in [0.3, 0.4) is 0 Å². The summed E-state index contributed by atoms with van der Waals surface area (Å²) in [5.74, 6) is -1.34. The van der Waals surface area contributed by atoms with Crippen LogP contribution in [0.5, 0.6) is 0 Å². The number of amides is 1. The minimum Gasteiger partial charge on any atom is -0.381 e. The molecule has 1 aliphatic heterocycles. The molecule has 1 saturated carbocycles. The van der Waals surface area contributed by atoms with Crippen LogP contribution in [0.15, 0.2) is 60.2 Å².